The van der Waals surface area contributed by atoms with Crippen molar-refractivity contribution in [2.75, 3.05) is 18.6 Å². The van der Waals surface area contributed by atoms with Crippen LogP contribution in [0.4, 0.5) is 5.69 Å². The van der Waals surface area contributed by atoms with E-state index in [1.54, 1.807) is 18.1 Å². The number of ether oxygens (including phenoxy) is 1. The Bertz CT molecular complexity index is 815. The summed E-state index contributed by atoms with van der Waals surface area (Å²) in [5.41, 5.74) is 9.83. The number of halogens is 1. The number of nitrogens with zero attached hydrogens (tertiary/aromatic N) is 1. The van der Waals surface area contributed by atoms with Crippen LogP contribution in [0, 0.1) is 6.92 Å². The second kappa shape index (κ2) is 7.56. The Labute approximate surface area is 158 Å². The molecule has 26 heavy (non-hydrogen) atoms. The van der Waals surface area contributed by atoms with Crippen LogP contribution in [0.2, 0.25) is 5.02 Å². The summed E-state index contributed by atoms with van der Waals surface area (Å²) in [4.78, 5) is 14.7. The number of amides is 1. The second-order valence-corrected chi connectivity index (χ2v) is 7.03. The molecule has 1 amide bonds. The summed E-state index contributed by atoms with van der Waals surface area (Å²) in [7, 11) is 1.63. The molecule has 1 atom stereocenters. The molecule has 3 N–H and O–H groups in total. The fraction of sp³-hybridized carbons (Fsp3) is 0.350. The number of carbonyl (C=O) groups is 1. The molecule has 3 rings (SSSR count). The van der Waals surface area contributed by atoms with Gasteiger partial charge in [-0.2, -0.15) is 0 Å². The van der Waals surface area contributed by atoms with E-state index in [4.69, 9.17) is 22.1 Å². The summed E-state index contributed by atoms with van der Waals surface area (Å²) >= 11 is 6.23. The SMILES string of the molecule is COc1ccc2c(c1)CCCN2C(=O)[C@@H](N)Cc1c(C)cc(O)cc1Cl. The third-order valence-electron chi connectivity index (χ3n) is 4.82. The van der Waals surface area contributed by atoms with Crippen LogP contribution in [0.3, 0.4) is 0 Å². The molecule has 1 heterocycles. The first-order chi connectivity index (χ1) is 12.4. The lowest BCUT2D eigenvalue weighted by molar-refractivity contribution is -0.119. The van der Waals surface area contributed by atoms with Crippen LogP contribution < -0.4 is 15.4 Å². The highest BCUT2D eigenvalue weighted by molar-refractivity contribution is 6.31. The lowest BCUT2D eigenvalue weighted by atomic mass is 9.97. The highest BCUT2D eigenvalue weighted by Gasteiger charge is 2.28. The molecule has 0 unspecified atom stereocenters. The van der Waals surface area contributed by atoms with Gasteiger partial charge in [0, 0.05) is 17.3 Å². The van der Waals surface area contributed by atoms with Gasteiger partial charge in [-0.25, -0.2) is 0 Å². The summed E-state index contributed by atoms with van der Waals surface area (Å²) in [5, 5.41) is 10.0. The zero-order chi connectivity index (χ0) is 18.8. The van der Waals surface area contributed by atoms with Gasteiger partial charge in [0.2, 0.25) is 5.91 Å². The molecule has 2 aromatic carbocycles. The maximum atomic E-state index is 13.0. The topological polar surface area (TPSA) is 75.8 Å². The van der Waals surface area contributed by atoms with Crippen LogP contribution in [0.15, 0.2) is 30.3 Å². The molecular formula is C20H23ClN2O3. The van der Waals surface area contributed by atoms with Crippen LogP contribution in [0.25, 0.3) is 0 Å². The van der Waals surface area contributed by atoms with E-state index < -0.39 is 6.04 Å². The zero-order valence-electron chi connectivity index (χ0n) is 15.0. The van der Waals surface area contributed by atoms with Crippen molar-refractivity contribution in [1.29, 1.82) is 0 Å². The van der Waals surface area contributed by atoms with Gasteiger partial charge in [0.1, 0.15) is 11.5 Å². The summed E-state index contributed by atoms with van der Waals surface area (Å²) in [6.45, 7) is 2.49. The number of aromatic hydroxyl groups is 1. The van der Waals surface area contributed by atoms with E-state index in [1.807, 2.05) is 25.1 Å². The number of nitrogens with two attached hydrogens (primary N) is 1. The lowest BCUT2D eigenvalue weighted by Crippen LogP contribution is -2.47. The molecule has 0 spiro atoms. The number of fused-ring (bicyclic) bond motifs is 1. The average molecular weight is 375 g/mol. The Morgan fingerprint density at radius 2 is 2.15 bits per heavy atom. The van der Waals surface area contributed by atoms with E-state index in [1.165, 1.54) is 6.07 Å². The Kier molecular flexibility index (Phi) is 5.39. The maximum absolute atomic E-state index is 13.0. The molecule has 138 valence electrons. The van der Waals surface area contributed by atoms with E-state index in [2.05, 4.69) is 0 Å². The summed E-state index contributed by atoms with van der Waals surface area (Å²) < 4.78 is 5.28. The third kappa shape index (κ3) is 3.64. The van der Waals surface area contributed by atoms with Crippen LogP contribution in [-0.2, 0) is 17.6 Å². The first-order valence-corrected chi connectivity index (χ1v) is 9.00. The molecule has 0 radical (unpaired) electrons. The van der Waals surface area contributed by atoms with Gasteiger partial charge >= 0.3 is 0 Å². The predicted molar refractivity (Wildman–Crippen MR) is 103 cm³/mol. The van der Waals surface area contributed by atoms with Crippen LogP contribution in [0.1, 0.15) is 23.1 Å². The number of aryl methyl sites for hydroxylation is 2. The van der Waals surface area contributed by atoms with Crippen molar-refractivity contribution in [3.05, 3.63) is 52.0 Å². The van der Waals surface area contributed by atoms with Gasteiger partial charge in [0.15, 0.2) is 0 Å². The highest BCUT2D eigenvalue weighted by atomic mass is 35.5. The van der Waals surface area contributed by atoms with Crippen molar-refractivity contribution in [3.63, 3.8) is 0 Å². The first-order valence-electron chi connectivity index (χ1n) is 8.62. The standard InChI is InChI=1S/C20H23ClN2O3/c1-12-8-14(24)10-17(21)16(12)11-18(22)20(25)23-7-3-4-13-9-15(26-2)5-6-19(13)23/h5-6,8-10,18,24H,3-4,7,11,22H2,1-2H3/t18-/m0/s1. The minimum atomic E-state index is -0.705. The molecule has 0 bridgehead atoms. The normalized spacial score (nSPS) is 14.7. The summed E-state index contributed by atoms with van der Waals surface area (Å²) in [6.07, 6.45) is 2.12. The smallest absolute Gasteiger partial charge is 0.244 e. The number of phenolic OH excluding ortho intramolecular Hbond substituents is 1. The van der Waals surface area contributed by atoms with Gasteiger partial charge in [-0.15, -0.1) is 0 Å². The molecule has 0 aliphatic carbocycles. The van der Waals surface area contributed by atoms with E-state index in [0.29, 0.717) is 18.0 Å². The van der Waals surface area contributed by atoms with Crippen LogP contribution in [-0.4, -0.2) is 30.7 Å². The molecule has 0 saturated carbocycles. The molecule has 1 aliphatic rings. The Hall–Kier alpha value is -2.24. The Balaban J connectivity index is 1.82. The van der Waals surface area contributed by atoms with Gasteiger partial charge in [0.05, 0.1) is 13.2 Å². The van der Waals surface area contributed by atoms with E-state index in [9.17, 15) is 9.90 Å². The number of hydrogen-bond donors (Lipinski definition) is 2. The van der Waals surface area contributed by atoms with E-state index in [-0.39, 0.29) is 11.7 Å². The molecule has 0 saturated heterocycles. The maximum Gasteiger partial charge on any atom is 0.244 e. The quantitative estimate of drug-likeness (QED) is 0.861. The van der Waals surface area contributed by atoms with Crippen molar-refractivity contribution in [1.82, 2.24) is 0 Å². The fourth-order valence-electron chi connectivity index (χ4n) is 3.45. The Morgan fingerprint density at radius 3 is 2.85 bits per heavy atom. The number of methoxy groups -OCH3 is 1. The van der Waals surface area contributed by atoms with Crippen molar-refractivity contribution in [3.8, 4) is 11.5 Å². The number of anilines is 1. The highest BCUT2D eigenvalue weighted by Crippen LogP contribution is 2.32. The Morgan fingerprint density at radius 1 is 1.38 bits per heavy atom. The van der Waals surface area contributed by atoms with Crippen molar-refractivity contribution >= 4 is 23.2 Å². The largest absolute Gasteiger partial charge is 0.508 e. The zero-order valence-corrected chi connectivity index (χ0v) is 15.7. The number of rotatable bonds is 4. The molecule has 2 aromatic rings. The van der Waals surface area contributed by atoms with Gasteiger partial charge in [-0.3, -0.25) is 4.79 Å². The first kappa shape index (κ1) is 18.5. The van der Waals surface area contributed by atoms with Crippen LogP contribution >= 0.6 is 11.6 Å². The van der Waals surface area contributed by atoms with Crippen molar-refractivity contribution in [2.45, 2.75) is 32.2 Å². The van der Waals surface area contributed by atoms with Gasteiger partial charge < -0.3 is 20.5 Å². The van der Waals surface area contributed by atoms with E-state index in [0.717, 1.165) is 41.0 Å². The van der Waals surface area contributed by atoms with Crippen molar-refractivity contribution in [2.24, 2.45) is 5.73 Å². The monoisotopic (exact) mass is 374 g/mol. The molecule has 5 nitrogen and oxygen atoms in total. The molecule has 1 aliphatic heterocycles. The number of benzene rings is 2. The van der Waals surface area contributed by atoms with Gasteiger partial charge in [-0.1, -0.05) is 11.6 Å². The summed E-state index contributed by atoms with van der Waals surface area (Å²) in [6, 6.07) is 8.14. The summed E-state index contributed by atoms with van der Waals surface area (Å²) in [5.74, 6) is 0.767. The van der Waals surface area contributed by atoms with Crippen LogP contribution in [0.5, 0.6) is 11.5 Å². The van der Waals surface area contributed by atoms with Crippen molar-refractivity contribution < 1.29 is 14.6 Å². The van der Waals surface area contributed by atoms with Gasteiger partial charge in [-0.05, 0) is 73.2 Å². The third-order valence-corrected chi connectivity index (χ3v) is 5.15. The second-order valence-electron chi connectivity index (χ2n) is 6.62. The number of hydrogen-bond acceptors (Lipinski definition) is 4. The molecule has 0 aromatic heterocycles. The number of carbonyl (C=O) groups excluding carboxylic acids is 1. The van der Waals surface area contributed by atoms with Gasteiger partial charge in [0.25, 0.3) is 0 Å². The lowest BCUT2D eigenvalue weighted by Gasteiger charge is -2.32. The van der Waals surface area contributed by atoms with E-state index >= 15 is 0 Å². The minimum Gasteiger partial charge on any atom is -0.508 e. The molecule has 6 heteroatoms. The molecule has 0 fully saturated rings. The molecular weight excluding hydrogens is 352 g/mol. The fourth-order valence-corrected chi connectivity index (χ4v) is 3.79. The number of phenols is 1. The predicted octanol–water partition coefficient (Wildman–Crippen LogP) is 3.21. The minimum absolute atomic E-state index is 0.107. The average Bonchev–Trinajstić information content (AvgIpc) is 2.62.